The number of rotatable bonds is 6. The molecule has 0 aromatic carbocycles. The van der Waals surface area contributed by atoms with Gasteiger partial charge in [0.05, 0.1) is 12.2 Å². The fraction of sp³-hybridized carbons (Fsp3) is 0.724. The summed E-state index contributed by atoms with van der Waals surface area (Å²) >= 11 is 0. The minimum absolute atomic E-state index is 0.383. The van der Waals surface area contributed by atoms with Crippen molar-refractivity contribution in [2.24, 2.45) is 35.0 Å². The van der Waals surface area contributed by atoms with Crippen LogP contribution in [0.15, 0.2) is 47.6 Å². The van der Waals surface area contributed by atoms with Crippen molar-refractivity contribution in [1.29, 1.82) is 0 Å². The fourth-order valence-corrected chi connectivity index (χ4v) is 6.89. The Morgan fingerprint density at radius 1 is 1.13 bits per heavy atom. The standard InChI is InChI=1S/C29H46O2/c1-7-22(19(2)3)11-10-20(4)26-14-15-27-23(9-8-16-29(26,27)6)12-13-24-17-25(30)18-28(31)21(24)5/h10-13,19-20,22,25-28,30-31H,5,7-9,14-18H2,1-4,6H3/b11-10+,23-12+,24-13-/t20-,22-,25-,26-,27+,28+,29-/m1/s1. The molecule has 0 unspecified atom stereocenters. The minimum atomic E-state index is -0.605. The second kappa shape index (κ2) is 10.2. The van der Waals surface area contributed by atoms with Crippen molar-refractivity contribution in [3.05, 3.63) is 47.6 Å². The molecular weight excluding hydrogens is 380 g/mol. The van der Waals surface area contributed by atoms with Gasteiger partial charge < -0.3 is 10.2 Å². The lowest BCUT2D eigenvalue weighted by atomic mass is 9.61. The summed E-state index contributed by atoms with van der Waals surface area (Å²) < 4.78 is 0. The van der Waals surface area contributed by atoms with Crippen molar-refractivity contribution >= 4 is 0 Å². The highest BCUT2D eigenvalue weighted by Gasteiger charge is 2.50. The normalized spacial score (nSPS) is 38.9. The van der Waals surface area contributed by atoms with E-state index in [4.69, 9.17) is 0 Å². The molecule has 0 radical (unpaired) electrons. The highest BCUT2D eigenvalue weighted by molar-refractivity contribution is 5.38. The summed E-state index contributed by atoms with van der Waals surface area (Å²) in [5.41, 5.74) is 3.78. The van der Waals surface area contributed by atoms with E-state index in [1.165, 1.54) is 38.5 Å². The van der Waals surface area contributed by atoms with Gasteiger partial charge in [-0.25, -0.2) is 0 Å². The topological polar surface area (TPSA) is 40.5 Å². The third kappa shape index (κ3) is 5.28. The van der Waals surface area contributed by atoms with Crippen molar-refractivity contribution in [3.8, 4) is 0 Å². The van der Waals surface area contributed by atoms with Gasteiger partial charge in [-0.05, 0) is 91.1 Å². The molecule has 174 valence electrons. The van der Waals surface area contributed by atoms with Crippen molar-refractivity contribution in [1.82, 2.24) is 0 Å². The molecule has 0 amide bonds. The summed E-state index contributed by atoms with van der Waals surface area (Å²) in [5, 5.41) is 20.2. The largest absolute Gasteiger partial charge is 0.393 e. The van der Waals surface area contributed by atoms with Crippen molar-refractivity contribution in [2.45, 2.75) is 98.2 Å². The number of hydrogen-bond acceptors (Lipinski definition) is 2. The van der Waals surface area contributed by atoms with Crippen LogP contribution in [0.25, 0.3) is 0 Å². The van der Waals surface area contributed by atoms with Gasteiger partial charge in [-0.1, -0.05) is 71.1 Å². The number of aliphatic hydroxyl groups excluding tert-OH is 2. The SMILES string of the molecule is C=C1/C(=C\C=C2/CCC[C@]3(C)[C@@H]([C@H](C)/C=C/[C@@H](CC)C(C)C)CC[C@@H]23)C[C@@H](O)C[C@@H]1O. The van der Waals surface area contributed by atoms with Gasteiger partial charge in [0.2, 0.25) is 0 Å². The Morgan fingerprint density at radius 2 is 1.87 bits per heavy atom. The first-order valence-corrected chi connectivity index (χ1v) is 12.8. The van der Waals surface area contributed by atoms with Crippen molar-refractivity contribution < 1.29 is 10.2 Å². The van der Waals surface area contributed by atoms with E-state index in [2.05, 4.69) is 65.5 Å². The molecule has 3 rings (SSSR count). The van der Waals surface area contributed by atoms with Crippen LogP contribution >= 0.6 is 0 Å². The minimum Gasteiger partial charge on any atom is -0.393 e. The predicted octanol–water partition coefficient (Wildman–Crippen LogP) is 7.00. The number of fused-ring (bicyclic) bond motifs is 1. The molecule has 3 fully saturated rings. The molecule has 3 aliphatic carbocycles. The van der Waals surface area contributed by atoms with Crippen LogP contribution < -0.4 is 0 Å². The maximum absolute atomic E-state index is 10.2. The zero-order chi connectivity index (χ0) is 22.8. The zero-order valence-electron chi connectivity index (χ0n) is 20.6. The predicted molar refractivity (Wildman–Crippen MR) is 132 cm³/mol. The smallest absolute Gasteiger partial charge is 0.0811 e. The molecule has 0 bridgehead atoms. The first-order chi connectivity index (χ1) is 14.7. The maximum atomic E-state index is 10.2. The monoisotopic (exact) mass is 426 g/mol. The van der Waals surface area contributed by atoms with Crippen LogP contribution in [0, 0.1) is 35.0 Å². The molecule has 7 atom stereocenters. The second-order valence-electron chi connectivity index (χ2n) is 11.2. The summed E-state index contributed by atoms with van der Waals surface area (Å²) in [6.07, 6.45) is 17.1. The summed E-state index contributed by atoms with van der Waals surface area (Å²) in [5.74, 6) is 3.45. The number of hydrogen-bond donors (Lipinski definition) is 2. The van der Waals surface area contributed by atoms with Gasteiger partial charge in [-0.2, -0.15) is 0 Å². The van der Waals surface area contributed by atoms with Crippen molar-refractivity contribution in [2.75, 3.05) is 0 Å². The molecule has 3 aliphatic rings. The quantitative estimate of drug-likeness (QED) is 0.449. The van der Waals surface area contributed by atoms with Crippen molar-refractivity contribution in [3.63, 3.8) is 0 Å². The summed E-state index contributed by atoms with van der Waals surface area (Å²) in [6, 6.07) is 0. The Hall–Kier alpha value is -1.12. The van der Waals surface area contributed by atoms with Gasteiger partial charge in [-0.15, -0.1) is 0 Å². The number of aliphatic hydroxyl groups is 2. The molecule has 31 heavy (non-hydrogen) atoms. The summed E-state index contributed by atoms with van der Waals surface area (Å²) in [7, 11) is 0. The van der Waals surface area contributed by atoms with E-state index in [-0.39, 0.29) is 0 Å². The highest BCUT2D eigenvalue weighted by atomic mass is 16.3. The Kier molecular flexibility index (Phi) is 8.08. The van der Waals surface area contributed by atoms with Gasteiger partial charge in [0.25, 0.3) is 0 Å². The highest BCUT2D eigenvalue weighted by Crippen LogP contribution is 2.59. The Labute approximate surface area is 191 Å². The molecule has 0 aromatic heterocycles. The Balaban J connectivity index is 1.76. The molecule has 0 heterocycles. The van der Waals surface area contributed by atoms with Crippen LogP contribution in [-0.2, 0) is 0 Å². The molecular formula is C29H46O2. The van der Waals surface area contributed by atoms with Gasteiger partial charge in [0.1, 0.15) is 0 Å². The lowest BCUT2D eigenvalue weighted by Gasteiger charge is -2.44. The molecule has 0 saturated heterocycles. The third-order valence-corrected chi connectivity index (χ3v) is 8.93. The molecule has 2 N–H and O–H groups in total. The van der Waals surface area contributed by atoms with Gasteiger partial charge in [0.15, 0.2) is 0 Å². The zero-order valence-corrected chi connectivity index (χ0v) is 20.6. The average Bonchev–Trinajstić information content (AvgIpc) is 3.07. The molecule has 0 spiro atoms. The van der Waals surface area contributed by atoms with Crippen LogP contribution in [0.2, 0.25) is 0 Å². The molecule has 2 heteroatoms. The van der Waals surface area contributed by atoms with E-state index < -0.39 is 12.2 Å². The van der Waals surface area contributed by atoms with Crippen LogP contribution in [0.4, 0.5) is 0 Å². The van der Waals surface area contributed by atoms with Gasteiger partial charge in [0, 0.05) is 6.42 Å². The first-order valence-electron chi connectivity index (χ1n) is 12.8. The molecule has 0 aliphatic heterocycles. The van der Waals surface area contributed by atoms with E-state index in [1.54, 1.807) is 5.57 Å². The average molecular weight is 427 g/mol. The van der Waals surface area contributed by atoms with Crippen LogP contribution in [0.1, 0.15) is 86.0 Å². The third-order valence-electron chi connectivity index (χ3n) is 8.93. The first kappa shape index (κ1) is 24.5. The summed E-state index contributed by atoms with van der Waals surface area (Å²) in [4.78, 5) is 0. The lowest BCUT2D eigenvalue weighted by Crippen LogP contribution is -2.35. The van der Waals surface area contributed by atoms with Gasteiger partial charge >= 0.3 is 0 Å². The van der Waals surface area contributed by atoms with Crippen LogP contribution in [-0.4, -0.2) is 22.4 Å². The second-order valence-corrected chi connectivity index (χ2v) is 11.2. The molecule has 3 saturated carbocycles. The van der Waals surface area contributed by atoms with Gasteiger partial charge in [-0.3, -0.25) is 0 Å². The number of allylic oxidation sites excluding steroid dienone is 5. The molecule has 2 nitrogen and oxygen atoms in total. The Bertz CT molecular complexity index is 727. The van der Waals surface area contributed by atoms with E-state index in [0.29, 0.717) is 41.9 Å². The van der Waals surface area contributed by atoms with Crippen LogP contribution in [0.3, 0.4) is 0 Å². The van der Waals surface area contributed by atoms with Crippen LogP contribution in [0.5, 0.6) is 0 Å². The van der Waals surface area contributed by atoms with E-state index in [0.717, 1.165) is 17.1 Å². The fourth-order valence-electron chi connectivity index (χ4n) is 6.89. The molecule has 0 aromatic rings. The summed E-state index contributed by atoms with van der Waals surface area (Å²) in [6.45, 7) is 16.0. The lowest BCUT2D eigenvalue weighted by molar-refractivity contribution is 0.0862. The van der Waals surface area contributed by atoms with E-state index >= 15 is 0 Å². The van der Waals surface area contributed by atoms with E-state index in [9.17, 15) is 10.2 Å². The maximum Gasteiger partial charge on any atom is 0.0811 e. The Morgan fingerprint density at radius 3 is 2.55 bits per heavy atom. The van der Waals surface area contributed by atoms with E-state index in [1.807, 2.05) is 0 Å².